The van der Waals surface area contributed by atoms with Crippen LogP contribution in [0.15, 0.2) is 42.5 Å². The van der Waals surface area contributed by atoms with Gasteiger partial charge in [-0.25, -0.2) is 4.79 Å². The summed E-state index contributed by atoms with van der Waals surface area (Å²) in [6, 6.07) is 11.5. The second kappa shape index (κ2) is 8.79. The molecule has 0 spiro atoms. The van der Waals surface area contributed by atoms with Crippen molar-refractivity contribution in [3.8, 4) is 0 Å². The summed E-state index contributed by atoms with van der Waals surface area (Å²) in [5.74, 6) is -1.21. The van der Waals surface area contributed by atoms with Crippen LogP contribution in [0.3, 0.4) is 0 Å². The molecule has 0 aliphatic heterocycles. The third kappa shape index (κ3) is 5.27. The Labute approximate surface area is 156 Å². The molecule has 0 aromatic heterocycles. The van der Waals surface area contributed by atoms with Gasteiger partial charge in [0.15, 0.2) is 6.61 Å². The number of carbonyl (C=O) groups excluding carboxylic acids is 2. The molecule has 27 heavy (non-hydrogen) atoms. The first-order valence-electron chi connectivity index (χ1n) is 8.34. The fraction of sp³-hybridized carbons (Fsp3) is 0.263. The molecule has 0 radical (unpaired) electrons. The van der Waals surface area contributed by atoms with Crippen molar-refractivity contribution >= 4 is 23.3 Å². The summed E-state index contributed by atoms with van der Waals surface area (Å²) in [4.78, 5) is 35.8. The zero-order chi connectivity index (χ0) is 20.0. The molecule has 8 heteroatoms. The van der Waals surface area contributed by atoms with Crippen molar-refractivity contribution in [3.05, 3.63) is 69.3 Å². The normalized spacial score (nSPS) is 10.3. The van der Waals surface area contributed by atoms with Crippen LogP contribution in [0, 0.1) is 10.1 Å². The maximum atomic E-state index is 12.2. The van der Waals surface area contributed by atoms with Crippen LogP contribution in [0.4, 0.5) is 11.4 Å². The van der Waals surface area contributed by atoms with Gasteiger partial charge >= 0.3 is 5.97 Å². The van der Waals surface area contributed by atoms with Crippen LogP contribution in [0.1, 0.15) is 28.4 Å². The molecular formula is C19H21N3O5. The van der Waals surface area contributed by atoms with Crippen molar-refractivity contribution in [3.63, 3.8) is 0 Å². The molecule has 1 amide bonds. The number of rotatable bonds is 7. The Morgan fingerprint density at radius 2 is 1.78 bits per heavy atom. The van der Waals surface area contributed by atoms with E-state index in [9.17, 15) is 19.7 Å². The first-order chi connectivity index (χ1) is 12.8. The largest absolute Gasteiger partial charge is 0.452 e. The zero-order valence-electron chi connectivity index (χ0n) is 15.2. The molecule has 2 rings (SSSR count). The number of nitro benzene ring substituents is 1. The molecule has 0 saturated heterocycles. The van der Waals surface area contributed by atoms with Crippen LogP contribution in [0.25, 0.3) is 0 Å². The van der Waals surface area contributed by atoms with Crippen LogP contribution >= 0.6 is 0 Å². The average molecular weight is 371 g/mol. The van der Waals surface area contributed by atoms with E-state index in [2.05, 4.69) is 6.92 Å². The summed E-state index contributed by atoms with van der Waals surface area (Å²) in [6.45, 7) is 1.99. The molecule has 2 N–H and O–H groups in total. The summed E-state index contributed by atoms with van der Waals surface area (Å²) in [7, 11) is 1.61. The van der Waals surface area contributed by atoms with Gasteiger partial charge in [0.2, 0.25) is 0 Å². The van der Waals surface area contributed by atoms with Gasteiger partial charge in [0.25, 0.3) is 11.6 Å². The van der Waals surface area contributed by atoms with Gasteiger partial charge in [-0.1, -0.05) is 31.2 Å². The lowest BCUT2D eigenvalue weighted by Gasteiger charge is -2.17. The Kier molecular flexibility index (Phi) is 6.48. The summed E-state index contributed by atoms with van der Waals surface area (Å²) >= 11 is 0. The number of anilines is 1. The molecule has 0 bridgehead atoms. The van der Waals surface area contributed by atoms with Gasteiger partial charge in [0, 0.05) is 19.7 Å². The smallest absolute Gasteiger partial charge is 0.338 e. The highest BCUT2D eigenvalue weighted by Gasteiger charge is 2.18. The number of nitrogen functional groups attached to an aromatic ring is 1. The monoisotopic (exact) mass is 371 g/mol. The van der Waals surface area contributed by atoms with Crippen LogP contribution in [0.5, 0.6) is 0 Å². The number of nitro groups is 1. The summed E-state index contributed by atoms with van der Waals surface area (Å²) in [5.41, 5.74) is 7.18. The van der Waals surface area contributed by atoms with E-state index in [4.69, 9.17) is 10.5 Å². The Hall–Kier alpha value is -3.42. The molecule has 0 unspecified atom stereocenters. The minimum absolute atomic E-state index is 0.0403. The highest BCUT2D eigenvalue weighted by molar-refractivity contribution is 5.92. The van der Waals surface area contributed by atoms with Crippen molar-refractivity contribution in [1.82, 2.24) is 4.90 Å². The van der Waals surface area contributed by atoms with Crippen LogP contribution in [-0.2, 0) is 22.5 Å². The van der Waals surface area contributed by atoms with E-state index in [0.29, 0.717) is 6.54 Å². The Balaban J connectivity index is 1.92. The molecular weight excluding hydrogens is 350 g/mol. The lowest BCUT2D eigenvalue weighted by atomic mass is 10.1. The van der Waals surface area contributed by atoms with Crippen molar-refractivity contribution in [2.45, 2.75) is 19.9 Å². The average Bonchev–Trinajstić information content (AvgIpc) is 2.66. The second-order valence-corrected chi connectivity index (χ2v) is 6.03. The predicted octanol–water partition coefficient (Wildman–Crippen LogP) is 2.55. The van der Waals surface area contributed by atoms with E-state index in [1.807, 2.05) is 24.3 Å². The van der Waals surface area contributed by atoms with Crippen LogP contribution in [-0.4, -0.2) is 35.4 Å². The molecule has 8 nitrogen and oxygen atoms in total. The molecule has 0 aliphatic rings. The van der Waals surface area contributed by atoms with Gasteiger partial charge in [-0.3, -0.25) is 14.9 Å². The van der Waals surface area contributed by atoms with Crippen LogP contribution in [0.2, 0.25) is 0 Å². The molecule has 0 saturated carbocycles. The van der Waals surface area contributed by atoms with Crippen molar-refractivity contribution < 1.29 is 19.2 Å². The number of nitrogens with zero attached hydrogens (tertiary/aromatic N) is 2. The topological polar surface area (TPSA) is 116 Å². The van der Waals surface area contributed by atoms with Gasteiger partial charge in [-0.05, 0) is 29.7 Å². The number of hydrogen-bond donors (Lipinski definition) is 1. The molecule has 0 heterocycles. The zero-order valence-corrected chi connectivity index (χ0v) is 15.2. The van der Waals surface area contributed by atoms with E-state index in [-0.39, 0.29) is 22.8 Å². The molecule has 0 fully saturated rings. The SMILES string of the molecule is CCc1ccc(CN(C)C(=O)COC(=O)c2ccc(N)c([N+](=O)[O-])c2)cc1. The van der Waals surface area contributed by atoms with E-state index in [1.165, 1.54) is 22.6 Å². The number of nitrogens with two attached hydrogens (primary N) is 1. The van der Waals surface area contributed by atoms with Crippen molar-refractivity contribution in [1.29, 1.82) is 0 Å². The number of carbonyl (C=O) groups is 2. The Bertz CT molecular complexity index is 849. The fourth-order valence-electron chi connectivity index (χ4n) is 2.39. The van der Waals surface area contributed by atoms with E-state index < -0.39 is 17.5 Å². The molecule has 2 aromatic carbocycles. The predicted molar refractivity (Wildman–Crippen MR) is 100 cm³/mol. The van der Waals surface area contributed by atoms with Gasteiger partial charge in [0.05, 0.1) is 10.5 Å². The van der Waals surface area contributed by atoms with E-state index >= 15 is 0 Å². The minimum atomic E-state index is -0.827. The van der Waals surface area contributed by atoms with Gasteiger partial charge in [-0.2, -0.15) is 0 Å². The first kappa shape index (κ1) is 19.9. The molecule has 0 aliphatic carbocycles. The van der Waals surface area contributed by atoms with Gasteiger partial charge in [-0.15, -0.1) is 0 Å². The van der Waals surface area contributed by atoms with Crippen LogP contribution < -0.4 is 5.73 Å². The molecule has 0 atom stereocenters. The highest BCUT2D eigenvalue weighted by atomic mass is 16.6. The Morgan fingerprint density at radius 3 is 2.37 bits per heavy atom. The number of esters is 1. The third-order valence-electron chi connectivity index (χ3n) is 4.07. The number of ether oxygens (including phenoxy) is 1. The second-order valence-electron chi connectivity index (χ2n) is 6.03. The first-order valence-corrected chi connectivity index (χ1v) is 8.34. The van der Waals surface area contributed by atoms with Crippen molar-refractivity contribution in [2.24, 2.45) is 0 Å². The standard InChI is InChI=1S/C19H21N3O5/c1-3-13-4-6-14(7-5-13)11-21(2)18(23)12-27-19(24)15-8-9-16(20)17(10-15)22(25)26/h4-10H,3,11-12,20H2,1-2H3. The number of hydrogen-bond acceptors (Lipinski definition) is 6. The molecule has 142 valence electrons. The van der Waals surface area contributed by atoms with E-state index in [1.54, 1.807) is 7.05 Å². The summed E-state index contributed by atoms with van der Waals surface area (Å²) in [6.07, 6.45) is 0.939. The number of benzene rings is 2. The fourth-order valence-corrected chi connectivity index (χ4v) is 2.39. The molecule has 2 aromatic rings. The number of aryl methyl sites for hydroxylation is 1. The summed E-state index contributed by atoms with van der Waals surface area (Å²) < 4.78 is 4.97. The minimum Gasteiger partial charge on any atom is -0.452 e. The lowest BCUT2D eigenvalue weighted by Crippen LogP contribution is -2.30. The highest BCUT2D eigenvalue weighted by Crippen LogP contribution is 2.22. The quantitative estimate of drug-likeness (QED) is 0.346. The maximum absolute atomic E-state index is 12.2. The summed E-state index contributed by atoms with van der Waals surface area (Å²) in [5, 5.41) is 10.9. The van der Waals surface area contributed by atoms with Gasteiger partial charge in [0.1, 0.15) is 5.69 Å². The third-order valence-corrected chi connectivity index (χ3v) is 4.07. The number of amides is 1. The Morgan fingerprint density at radius 1 is 1.15 bits per heavy atom. The lowest BCUT2D eigenvalue weighted by molar-refractivity contribution is -0.383. The maximum Gasteiger partial charge on any atom is 0.338 e. The van der Waals surface area contributed by atoms with Gasteiger partial charge < -0.3 is 15.4 Å². The van der Waals surface area contributed by atoms with Crippen molar-refractivity contribution in [2.75, 3.05) is 19.4 Å². The number of likely N-dealkylation sites (N-methyl/N-ethyl adjacent to an activating group) is 1. The van der Waals surface area contributed by atoms with E-state index in [0.717, 1.165) is 18.1 Å².